The molecule has 2 amide bonds. The quantitative estimate of drug-likeness (QED) is 0.823. The summed E-state index contributed by atoms with van der Waals surface area (Å²) < 4.78 is 0. The zero-order valence-electron chi connectivity index (χ0n) is 14.1. The molecule has 130 valence electrons. The Labute approximate surface area is 150 Å². The molecule has 2 aromatic rings. The summed E-state index contributed by atoms with van der Waals surface area (Å²) in [5.74, 6) is -0.110. The molecule has 1 atom stereocenters. The molecule has 0 radical (unpaired) electrons. The molecule has 0 saturated carbocycles. The third-order valence-corrected chi connectivity index (χ3v) is 5.12. The molecule has 2 saturated heterocycles. The minimum absolute atomic E-state index is 0.0360. The average molecular weight is 347 g/mol. The van der Waals surface area contributed by atoms with Gasteiger partial charge in [0.25, 0.3) is 5.91 Å². The van der Waals surface area contributed by atoms with E-state index in [1.165, 1.54) is 18.6 Å². The van der Waals surface area contributed by atoms with Crippen molar-refractivity contribution in [2.24, 2.45) is 5.41 Å². The van der Waals surface area contributed by atoms with Gasteiger partial charge in [0.05, 0.1) is 17.8 Å². The van der Waals surface area contributed by atoms with Gasteiger partial charge in [-0.1, -0.05) is 6.07 Å². The molecule has 2 aliphatic rings. The number of amides is 2. The van der Waals surface area contributed by atoms with E-state index < -0.39 is 0 Å². The van der Waals surface area contributed by atoms with Crippen molar-refractivity contribution in [3.63, 3.8) is 0 Å². The number of anilines is 1. The molecule has 4 rings (SSSR count). The summed E-state index contributed by atoms with van der Waals surface area (Å²) in [7, 11) is 0. The first-order chi connectivity index (χ1) is 12.6. The number of hydrogen-bond acceptors (Lipinski definition) is 5. The third-order valence-electron chi connectivity index (χ3n) is 5.12. The average Bonchev–Trinajstić information content (AvgIpc) is 3.24. The first kappa shape index (κ1) is 16.2. The molecule has 0 aliphatic carbocycles. The fraction of sp³-hybridized carbons (Fsp3) is 0.316. The number of rotatable bonds is 2. The lowest BCUT2D eigenvalue weighted by molar-refractivity contribution is -0.117. The Morgan fingerprint density at radius 3 is 2.92 bits per heavy atom. The highest BCUT2D eigenvalue weighted by atomic mass is 16.2. The van der Waals surface area contributed by atoms with Gasteiger partial charge in [-0.3, -0.25) is 14.6 Å². The first-order valence-electron chi connectivity index (χ1n) is 8.46. The van der Waals surface area contributed by atoms with E-state index in [0.29, 0.717) is 37.3 Å². The van der Waals surface area contributed by atoms with Crippen LogP contribution in [0.15, 0.2) is 42.9 Å². The second-order valence-corrected chi connectivity index (χ2v) is 6.89. The number of aromatic nitrogens is 2. The predicted octanol–water partition coefficient (Wildman–Crippen LogP) is 1.62. The third kappa shape index (κ3) is 2.80. The van der Waals surface area contributed by atoms with E-state index in [4.69, 9.17) is 5.26 Å². The van der Waals surface area contributed by atoms with Crippen LogP contribution >= 0.6 is 0 Å². The maximum atomic E-state index is 12.6. The van der Waals surface area contributed by atoms with Crippen molar-refractivity contribution in [3.8, 4) is 6.07 Å². The molecule has 7 nitrogen and oxygen atoms in total. The van der Waals surface area contributed by atoms with Crippen molar-refractivity contribution < 1.29 is 9.59 Å². The number of likely N-dealkylation sites (tertiary alicyclic amines) is 1. The van der Waals surface area contributed by atoms with Crippen molar-refractivity contribution in [2.75, 3.05) is 24.5 Å². The molecule has 26 heavy (non-hydrogen) atoms. The van der Waals surface area contributed by atoms with Crippen LogP contribution in [-0.2, 0) is 4.79 Å². The summed E-state index contributed by atoms with van der Waals surface area (Å²) in [4.78, 5) is 36.7. The minimum Gasteiger partial charge on any atom is -0.337 e. The highest BCUT2D eigenvalue weighted by Crippen LogP contribution is 2.42. The van der Waals surface area contributed by atoms with Gasteiger partial charge in [0.1, 0.15) is 5.69 Å². The maximum absolute atomic E-state index is 12.6. The molecule has 2 fully saturated rings. The van der Waals surface area contributed by atoms with E-state index in [9.17, 15) is 9.59 Å². The van der Waals surface area contributed by atoms with Crippen LogP contribution in [0.5, 0.6) is 0 Å². The van der Waals surface area contributed by atoms with Crippen molar-refractivity contribution in [1.82, 2.24) is 14.9 Å². The number of nitrogens with zero attached hydrogens (tertiary/aromatic N) is 5. The summed E-state index contributed by atoms with van der Waals surface area (Å²) >= 11 is 0. The van der Waals surface area contributed by atoms with Crippen LogP contribution in [-0.4, -0.2) is 46.3 Å². The molecule has 0 N–H and O–H groups in total. The number of nitriles is 1. The van der Waals surface area contributed by atoms with E-state index in [1.54, 1.807) is 28.0 Å². The van der Waals surface area contributed by atoms with E-state index in [2.05, 4.69) is 16.0 Å². The smallest absolute Gasteiger partial charge is 0.274 e. The van der Waals surface area contributed by atoms with Gasteiger partial charge in [-0.15, -0.1) is 0 Å². The lowest BCUT2D eigenvalue weighted by Gasteiger charge is -2.24. The molecular formula is C19H17N5O2. The molecule has 1 spiro atoms. The van der Waals surface area contributed by atoms with Crippen molar-refractivity contribution in [1.29, 1.82) is 5.26 Å². The largest absolute Gasteiger partial charge is 0.337 e. The molecule has 0 bridgehead atoms. The Morgan fingerprint density at radius 1 is 1.27 bits per heavy atom. The van der Waals surface area contributed by atoms with Gasteiger partial charge >= 0.3 is 0 Å². The SMILES string of the molecule is N#Cc1cccc(N2CC3(CCN(C(=O)c4cnccn4)C3)CC2=O)c1. The molecular weight excluding hydrogens is 330 g/mol. The molecule has 2 aliphatic heterocycles. The molecule has 1 aromatic carbocycles. The van der Waals surface area contributed by atoms with Crippen LogP contribution in [0.25, 0.3) is 0 Å². The van der Waals surface area contributed by atoms with Crippen molar-refractivity contribution in [2.45, 2.75) is 12.8 Å². The number of benzene rings is 1. The van der Waals surface area contributed by atoms with E-state index in [-0.39, 0.29) is 17.2 Å². The topological polar surface area (TPSA) is 90.2 Å². The van der Waals surface area contributed by atoms with E-state index in [0.717, 1.165) is 12.1 Å². The summed E-state index contributed by atoms with van der Waals surface area (Å²) in [6.07, 6.45) is 5.69. The van der Waals surface area contributed by atoms with Gasteiger partial charge in [0.15, 0.2) is 0 Å². The Bertz CT molecular complexity index is 908. The Kier molecular flexibility index (Phi) is 3.88. The predicted molar refractivity (Wildman–Crippen MR) is 93.1 cm³/mol. The van der Waals surface area contributed by atoms with Gasteiger partial charge < -0.3 is 9.80 Å². The van der Waals surface area contributed by atoms with Gasteiger partial charge in [-0.05, 0) is 24.6 Å². The van der Waals surface area contributed by atoms with Crippen molar-refractivity contribution in [3.05, 3.63) is 54.1 Å². The Hall–Kier alpha value is -3.27. The van der Waals surface area contributed by atoms with E-state index >= 15 is 0 Å². The van der Waals surface area contributed by atoms with Gasteiger partial charge in [-0.25, -0.2) is 4.98 Å². The van der Waals surface area contributed by atoms with Crippen LogP contribution < -0.4 is 4.90 Å². The summed E-state index contributed by atoms with van der Waals surface area (Å²) in [6.45, 7) is 1.70. The van der Waals surface area contributed by atoms with Crippen LogP contribution in [0.4, 0.5) is 5.69 Å². The maximum Gasteiger partial charge on any atom is 0.274 e. The van der Waals surface area contributed by atoms with Gasteiger partial charge in [0.2, 0.25) is 5.91 Å². The number of carbonyl (C=O) groups is 2. The first-order valence-corrected chi connectivity index (χ1v) is 8.46. The van der Waals surface area contributed by atoms with Crippen LogP contribution in [0.3, 0.4) is 0 Å². The van der Waals surface area contributed by atoms with Crippen LogP contribution in [0, 0.1) is 16.7 Å². The van der Waals surface area contributed by atoms with Crippen LogP contribution in [0.2, 0.25) is 0 Å². The minimum atomic E-state index is -0.238. The lowest BCUT2D eigenvalue weighted by atomic mass is 9.86. The van der Waals surface area contributed by atoms with Crippen molar-refractivity contribution >= 4 is 17.5 Å². The molecule has 1 aromatic heterocycles. The second-order valence-electron chi connectivity index (χ2n) is 6.89. The molecule has 7 heteroatoms. The second kappa shape index (κ2) is 6.23. The van der Waals surface area contributed by atoms with Crippen LogP contribution in [0.1, 0.15) is 28.9 Å². The summed E-state index contributed by atoms with van der Waals surface area (Å²) in [5.41, 5.74) is 1.36. The fourth-order valence-electron chi connectivity index (χ4n) is 3.83. The van der Waals surface area contributed by atoms with E-state index in [1.807, 2.05) is 6.07 Å². The fourth-order valence-corrected chi connectivity index (χ4v) is 3.83. The number of carbonyl (C=O) groups excluding carboxylic acids is 2. The molecule has 1 unspecified atom stereocenters. The lowest BCUT2D eigenvalue weighted by Crippen LogP contribution is -2.34. The molecule has 3 heterocycles. The summed E-state index contributed by atoms with van der Waals surface area (Å²) in [5, 5.41) is 9.07. The Morgan fingerprint density at radius 2 is 2.15 bits per heavy atom. The monoisotopic (exact) mass is 347 g/mol. The van der Waals surface area contributed by atoms with Gasteiger partial charge in [-0.2, -0.15) is 5.26 Å². The highest BCUT2D eigenvalue weighted by molar-refractivity contribution is 5.97. The summed E-state index contributed by atoms with van der Waals surface area (Å²) in [6, 6.07) is 9.18. The zero-order chi connectivity index (χ0) is 18.1. The standard InChI is InChI=1S/C19H17N5O2/c20-10-14-2-1-3-15(8-14)24-13-19(9-17(24)25)4-7-23(12-19)18(26)16-11-21-5-6-22-16/h1-3,5-6,8,11H,4,7,9,12-13H2. The Balaban J connectivity index is 1.52. The zero-order valence-corrected chi connectivity index (χ0v) is 14.1. The normalized spacial score (nSPS) is 22.0. The highest BCUT2D eigenvalue weighted by Gasteiger charge is 2.49. The van der Waals surface area contributed by atoms with Gasteiger partial charge in [0, 0.05) is 49.6 Å². The number of hydrogen-bond donors (Lipinski definition) is 0.